The molecular weight excluding hydrogens is 295 g/mol. The smallest absolute Gasteiger partial charge is 0.545 e. The van der Waals surface area contributed by atoms with E-state index in [4.69, 9.17) is 9.47 Å². The number of aliphatic hydroxyl groups is 3. The zero-order chi connectivity index (χ0) is 14.0. The van der Waals surface area contributed by atoms with Gasteiger partial charge in [-0.2, -0.15) is 0 Å². The monoisotopic (exact) mass is 308 g/mol. The summed E-state index contributed by atoms with van der Waals surface area (Å²) in [5, 5.41) is 38.9. The van der Waals surface area contributed by atoms with Crippen LogP contribution in [0.5, 0.6) is 5.75 Å². The van der Waals surface area contributed by atoms with E-state index in [1.807, 2.05) is 0 Å². The Kier molecular flexibility index (Phi) is 7.05. The number of benzene rings is 1. The fraction of sp³-hybridized carbons (Fsp3) is 0.417. The number of hydrogen-bond donors (Lipinski definition) is 3. The number of hydrogen-bond acceptors (Lipinski definition) is 7. The first-order valence-electron chi connectivity index (χ1n) is 5.63. The normalized spacial score (nSPS) is 29.4. The molecule has 8 heteroatoms. The Labute approximate surface area is 157 Å². The summed E-state index contributed by atoms with van der Waals surface area (Å²) in [6.07, 6.45) is -5.06. The van der Waals surface area contributed by atoms with Crippen molar-refractivity contribution in [1.29, 1.82) is 0 Å². The van der Waals surface area contributed by atoms with Crippen LogP contribution in [0.2, 0.25) is 0 Å². The van der Waals surface area contributed by atoms with Gasteiger partial charge in [0, 0.05) is 0 Å². The zero-order valence-electron chi connectivity index (χ0n) is 10.8. The van der Waals surface area contributed by atoms with Gasteiger partial charge in [0.2, 0.25) is 6.29 Å². The number of ether oxygens (including phenoxy) is 2. The van der Waals surface area contributed by atoms with Crippen LogP contribution in [0.25, 0.3) is 0 Å². The van der Waals surface area contributed by atoms with Crippen molar-refractivity contribution in [3.8, 4) is 5.75 Å². The maximum atomic E-state index is 10.6. The number of carboxylic acids is 1. The second kappa shape index (κ2) is 7.83. The molecule has 3 N–H and O–H groups in total. The van der Waals surface area contributed by atoms with E-state index in [-0.39, 0.29) is 69.3 Å². The third-order valence-corrected chi connectivity index (χ3v) is 2.80. The molecule has 0 bridgehead atoms. The summed E-state index contributed by atoms with van der Waals surface area (Å²) in [6, 6.07) is 5.31. The van der Waals surface area contributed by atoms with Crippen LogP contribution < -0.4 is 61.2 Å². The molecule has 1 aromatic rings. The maximum absolute atomic E-state index is 10.6. The molecule has 0 unspecified atom stereocenters. The number of carbonyl (C=O) groups excluding carboxylic acids is 1. The molecule has 4 atom stereocenters. The quantitative estimate of drug-likeness (QED) is 0.478. The van der Waals surface area contributed by atoms with E-state index in [1.165, 1.54) is 24.3 Å². The van der Waals surface area contributed by atoms with E-state index in [9.17, 15) is 25.2 Å². The van der Waals surface area contributed by atoms with E-state index < -0.39 is 30.6 Å². The molecule has 2 rings (SSSR count). The first-order valence-corrected chi connectivity index (χ1v) is 5.63. The molecule has 1 aliphatic heterocycles. The van der Waals surface area contributed by atoms with Crippen LogP contribution in [0.3, 0.4) is 0 Å². The summed E-state index contributed by atoms with van der Waals surface area (Å²) in [5.74, 6) is -1.04. The molecular formula is C12H13KO7. The second-order valence-electron chi connectivity index (χ2n) is 4.18. The third-order valence-electron chi connectivity index (χ3n) is 2.80. The predicted octanol–water partition coefficient (Wildman–Crippen LogP) is -5.13. The van der Waals surface area contributed by atoms with Crippen molar-refractivity contribution < 1.29 is 86.1 Å². The summed E-state index contributed by atoms with van der Waals surface area (Å²) in [6.45, 7) is -0.167. The van der Waals surface area contributed by atoms with E-state index in [0.717, 1.165) is 0 Å². The third kappa shape index (κ3) is 4.23. The summed E-state index contributed by atoms with van der Waals surface area (Å²) in [4.78, 5) is 10.6. The summed E-state index contributed by atoms with van der Waals surface area (Å²) < 4.78 is 10.3. The predicted molar refractivity (Wildman–Crippen MR) is 59.2 cm³/mol. The largest absolute Gasteiger partial charge is 1.00 e. The average molecular weight is 308 g/mol. The first kappa shape index (κ1) is 18.0. The van der Waals surface area contributed by atoms with Gasteiger partial charge >= 0.3 is 51.4 Å². The van der Waals surface area contributed by atoms with E-state index in [1.54, 1.807) is 0 Å². The molecule has 0 aliphatic carbocycles. The molecule has 1 saturated heterocycles. The van der Waals surface area contributed by atoms with Gasteiger partial charge in [0.25, 0.3) is 0 Å². The summed E-state index contributed by atoms with van der Waals surface area (Å²) in [7, 11) is 0. The fourth-order valence-corrected chi connectivity index (χ4v) is 1.69. The van der Waals surface area contributed by atoms with Crippen molar-refractivity contribution >= 4 is 5.97 Å². The van der Waals surface area contributed by atoms with Gasteiger partial charge in [-0.05, 0) is 29.8 Å². The Morgan fingerprint density at radius 2 is 1.80 bits per heavy atom. The van der Waals surface area contributed by atoms with Gasteiger partial charge in [-0.15, -0.1) is 0 Å². The Balaban J connectivity index is 0.00000200. The van der Waals surface area contributed by atoms with Gasteiger partial charge in [-0.1, -0.05) is 0 Å². The number of aromatic carboxylic acids is 1. The number of carboxylic acid groups (broad SMARTS) is 1. The van der Waals surface area contributed by atoms with E-state index >= 15 is 0 Å². The molecule has 7 nitrogen and oxygen atoms in total. The van der Waals surface area contributed by atoms with E-state index in [2.05, 4.69) is 0 Å². The zero-order valence-corrected chi connectivity index (χ0v) is 13.9. The standard InChI is InChI=1S/C12H14O7.K/c13-8-5-18-12(10(15)9(8)14)19-7-3-1-6(2-4-7)11(16)17;/h1-4,8-10,12-15H,5H2,(H,16,17);/q;+1/p-1/t8-,9+,10-,12-;/m1./s1. The molecule has 1 aliphatic rings. The van der Waals surface area contributed by atoms with Crippen LogP contribution in [0.15, 0.2) is 24.3 Å². The molecule has 0 spiro atoms. The first-order chi connectivity index (χ1) is 8.99. The SMILES string of the molecule is O=C([O-])c1ccc(O[C@H]2OC[C@@H](O)[C@H](O)[C@H]2O)cc1.[K+]. The van der Waals surface area contributed by atoms with Crippen molar-refractivity contribution in [3.63, 3.8) is 0 Å². The Morgan fingerprint density at radius 3 is 2.35 bits per heavy atom. The molecule has 0 amide bonds. The van der Waals surface area contributed by atoms with Gasteiger partial charge in [-0.25, -0.2) is 0 Å². The number of carbonyl (C=O) groups is 1. The molecule has 104 valence electrons. The average Bonchev–Trinajstić information content (AvgIpc) is 2.40. The molecule has 1 fully saturated rings. The minimum atomic E-state index is -1.40. The van der Waals surface area contributed by atoms with Crippen LogP contribution >= 0.6 is 0 Å². The van der Waals surface area contributed by atoms with Crippen molar-refractivity contribution in [2.24, 2.45) is 0 Å². The van der Waals surface area contributed by atoms with Crippen LogP contribution in [0.4, 0.5) is 0 Å². The Bertz CT molecular complexity index is 450. The van der Waals surface area contributed by atoms with Gasteiger partial charge in [-0.3, -0.25) is 0 Å². The van der Waals surface area contributed by atoms with Gasteiger partial charge in [0.15, 0.2) is 0 Å². The Hall–Kier alpha value is -0.0336. The molecule has 1 aromatic carbocycles. The molecule has 0 saturated carbocycles. The molecule has 0 radical (unpaired) electrons. The number of aliphatic hydroxyl groups excluding tert-OH is 3. The number of rotatable bonds is 3. The fourth-order valence-electron chi connectivity index (χ4n) is 1.69. The molecule has 1 heterocycles. The van der Waals surface area contributed by atoms with Crippen LogP contribution in [0, 0.1) is 0 Å². The topological polar surface area (TPSA) is 119 Å². The summed E-state index contributed by atoms with van der Waals surface area (Å²) in [5.41, 5.74) is -0.00656. The molecule has 0 aromatic heterocycles. The summed E-state index contributed by atoms with van der Waals surface area (Å²) >= 11 is 0. The van der Waals surface area contributed by atoms with Crippen LogP contribution in [0.1, 0.15) is 10.4 Å². The van der Waals surface area contributed by atoms with E-state index in [0.29, 0.717) is 0 Å². The Morgan fingerprint density at radius 1 is 1.20 bits per heavy atom. The van der Waals surface area contributed by atoms with Crippen LogP contribution in [-0.4, -0.2) is 52.5 Å². The van der Waals surface area contributed by atoms with Gasteiger partial charge in [0.05, 0.1) is 12.6 Å². The second-order valence-corrected chi connectivity index (χ2v) is 4.18. The minimum absolute atomic E-state index is 0. The molecule has 20 heavy (non-hydrogen) atoms. The van der Waals surface area contributed by atoms with Gasteiger partial charge in [0.1, 0.15) is 24.1 Å². The minimum Gasteiger partial charge on any atom is -0.545 e. The van der Waals surface area contributed by atoms with Crippen LogP contribution in [-0.2, 0) is 4.74 Å². The van der Waals surface area contributed by atoms with Crippen molar-refractivity contribution in [2.45, 2.75) is 24.6 Å². The maximum Gasteiger partial charge on any atom is 1.00 e. The van der Waals surface area contributed by atoms with Gasteiger partial charge < -0.3 is 34.7 Å². The van der Waals surface area contributed by atoms with Crippen molar-refractivity contribution in [1.82, 2.24) is 0 Å². The van der Waals surface area contributed by atoms with Crippen molar-refractivity contribution in [3.05, 3.63) is 29.8 Å². The van der Waals surface area contributed by atoms with Crippen molar-refractivity contribution in [2.75, 3.05) is 6.61 Å².